The highest BCUT2D eigenvalue weighted by Gasteiger charge is 2.42. The van der Waals surface area contributed by atoms with Crippen molar-refractivity contribution >= 4 is 27.8 Å². The van der Waals surface area contributed by atoms with Crippen molar-refractivity contribution in [2.75, 3.05) is 5.75 Å². The van der Waals surface area contributed by atoms with Crippen LogP contribution < -0.4 is 0 Å². The zero-order valence-electron chi connectivity index (χ0n) is 6.65. The van der Waals surface area contributed by atoms with E-state index in [1.165, 1.54) is 0 Å². The Morgan fingerprint density at radius 1 is 1.08 bits per heavy atom. The van der Waals surface area contributed by atoms with Crippen LogP contribution in [0.5, 0.6) is 0 Å². The van der Waals surface area contributed by atoms with Crippen molar-refractivity contribution in [1.82, 2.24) is 0 Å². The van der Waals surface area contributed by atoms with Crippen molar-refractivity contribution in [3.8, 4) is 0 Å². The molecule has 0 bridgehead atoms. The Morgan fingerprint density at radius 2 is 1.46 bits per heavy atom. The van der Waals surface area contributed by atoms with Crippen LogP contribution in [-0.4, -0.2) is 30.7 Å². The fourth-order valence-corrected chi connectivity index (χ4v) is 3.59. The molecule has 0 aliphatic carbocycles. The van der Waals surface area contributed by atoms with E-state index in [0.717, 1.165) is 0 Å². The first-order valence-corrected chi connectivity index (χ1v) is 7.40. The molecule has 0 heterocycles. The molecule has 4 N–H and O–H groups in total. The van der Waals surface area contributed by atoms with Crippen molar-refractivity contribution in [2.24, 2.45) is 0 Å². The first-order chi connectivity index (χ1) is 5.69. The predicted octanol–water partition coefficient (Wildman–Crippen LogP) is 0.378. The summed E-state index contributed by atoms with van der Waals surface area (Å²) in [6, 6.07) is 0. The van der Waals surface area contributed by atoms with E-state index in [9.17, 15) is 9.13 Å². The summed E-state index contributed by atoms with van der Waals surface area (Å²) in [4.78, 5) is 34.5. The minimum absolute atomic E-state index is 0.224. The molecule has 0 fully saturated rings. The van der Waals surface area contributed by atoms with Gasteiger partial charge in [0.05, 0.1) is 0 Å². The highest BCUT2D eigenvalue weighted by Crippen LogP contribution is 2.61. The summed E-state index contributed by atoms with van der Waals surface area (Å²) in [5.74, 6) is 0.330. The first kappa shape index (κ1) is 13.7. The third kappa shape index (κ3) is 5.18. The zero-order chi connectivity index (χ0) is 10.7. The average molecular weight is 250 g/mol. The first-order valence-electron chi connectivity index (χ1n) is 3.41. The Hall–Kier alpha value is 0.650. The highest BCUT2D eigenvalue weighted by atomic mass is 32.1. The molecule has 80 valence electrons. The molecule has 0 unspecified atom stereocenters. The predicted molar refractivity (Wildman–Crippen MR) is 51.0 cm³/mol. The van der Waals surface area contributed by atoms with Crippen molar-refractivity contribution in [2.45, 2.75) is 18.2 Å². The van der Waals surface area contributed by atoms with E-state index in [2.05, 4.69) is 12.6 Å². The Morgan fingerprint density at radius 3 is 1.69 bits per heavy atom. The smallest absolute Gasteiger partial charge is 0.324 e. The van der Waals surface area contributed by atoms with Crippen LogP contribution >= 0.6 is 27.8 Å². The zero-order valence-corrected chi connectivity index (χ0v) is 9.33. The lowest BCUT2D eigenvalue weighted by Crippen LogP contribution is -2.09. The van der Waals surface area contributed by atoms with Gasteiger partial charge in [-0.25, -0.2) is 0 Å². The van der Waals surface area contributed by atoms with Gasteiger partial charge in [0.15, 0.2) is 5.40 Å². The van der Waals surface area contributed by atoms with E-state index in [0.29, 0.717) is 5.75 Å². The van der Waals surface area contributed by atoms with Crippen LogP contribution in [0.3, 0.4) is 0 Å². The van der Waals surface area contributed by atoms with Gasteiger partial charge in [-0.3, -0.25) is 9.13 Å². The average Bonchev–Trinajstić information content (AvgIpc) is 1.81. The quantitative estimate of drug-likeness (QED) is 0.356. The SMILES string of the molecule is O=P(O)(O)C(CCCS)P(=O)(O)O. The summed E-state index contributed by atoms with van der Waals surface area (Å²) >= 11 is 3.78. The molecule has 0 saturated carbocycles. The maximum atomic E-state index is 10.7. The molecule has 0 rings (SSSR count). The highest BCUT2D eigenvalue weighted by molar-refractivity contribution is 7.80. The summed E-state index contributed by atoms with van der Waals surface area (Å²) in [6.07, 6.45) is 0.0298. The van der Waals surface area contributed by atoms with E-state index in [1.54, 1.807) is 0 Å². The van der Waals surface area contributed by atoms with E-state index in [1.807, 2.05) is 0 Å². The number of hydrogen-bond acceptors (Lipinski definition) is 3. The Bertz CT molecular complexity index is 221. The Labute approximate surface area is 81.1 Å². The third-order valence-electron chi connectivity index (χ3n) is 1.40. The van der Waals surface area contributed by atoms with Crippen molar-refractivity contribution in [3.05, 3.63) is 0 Å². The van der Waals surface area contributed by atoms with Gasteiger partial charge in [-0.1, -0.05) is 0 Å². The fourth-order valence-electron chi connectivity index (χ4n) is 0.806. The van der Waals surface area contributed by atoms with Gasteiger partial charge < -0.3 is 19.6 Å². The van der Waals surface area contributed by atoms with Crippen LogP contribution in [0.4, 0.5) is 0 Å². The molecular formula is C4H12O6P2S. The van der Waals surface area contributed by atoms with Crippen LogP contribution in [-0.2, 0) is 9.13 Å². The molecule has 0 aliphatic rings. The second-order valence-electron chi connectivity index (χ2n) is 2.52. The molecule has 0 aromatic heterocycles. The summed E-state index contributed by atoms with van der Waals surface area (Å²) in [5, 5.41) is -1.88. The largest absolute Gasteiger partial charge is 0.340 e. The van der Waals surface area contributed by atoms with Gasteiger partial charge in [0.1, 0.15) is 0 Å². The van der Waals surface area contributed by atoms with Crippen molar-refractivity contribution in [3.63, 3.8) is 0 Å². The van der Waals surface area contributed by atoms with Crippen LogP contribution in [0.25, 0.3) is 0 Å². The van der Waals surface area contributed by atoms with Crippen LogP contribution in [0.1, 0.15) is 12.8 Å². The third-order valence-corrected chi connectivity index (χ3v) is 5.59. The lowest BCUT2D eigenvalue weighted by Gasteiger charge is -2.18. The Balaban J connectivity index is 4.59. The van der Waals surface area contributed by atoms with E-state index >= 15 is 0 Å². The lowest BCUT2D eigenvalue weighted by molar-refractivity contribution is 0.335. The maximum Gasteiger partial charge on any atom is 0.340 e. The second kappa shape index (κ2) is 4.94. The van der Waals surface area contributed by atoms with Crippen LogP contribution in [0.15, 0.2) is 0 Å². The molecule has 0 radical (unpaired) electrons. The normalized spacial score (nSPS) is 13.7. The fraction of sp³-hybridized carbons (Fsp3) is 1.00. The number of rotatable bonds is 5. The minimum atomic E-state index is -4.72. The van der Waals surface area contributed by atoms with Gasteiger partial charge >= 0.3 is 15.2 Å². The van der Waals surface area contributed by atoms with E-state index in [-0.39, 0.29) is 12.8 Å². The summed E-state index contributed by atoms with van der Waals surface area (Å²) in [6.45, 7) is 0. The molecule has 6 nitrogen and oxygen atoms in total. The van der Waals surface area contributed by atoms with Crippen LogP contribution in [0.2, 0.25) is 0 Å². The molecule has 0 atom stereocenters. The van der Waals surface area contributed by atoms with E-state index in [4.69, 9.17) is 19.6 Å². The summed E-state index contributed by atoms with van der Waals surface area (Å²) in [7, 11) is -9.45. The molecule has 9 heteroatoms. The monoisotopic (exact) mass is 250 g/mol. The Kier molecular flexibility index (Phi) is 5.18. The molecule has 0 amide bonds. The van der Waals surface area contributed by atoms with Gasteiger partial charge in [-0.2, -0.15) is 12.6 Å². The van der Waals surface area contributed by atoms with Gasteiger partial charge in [0, 0.05) is 0 Å². The summed E-state index contributed by atoms with van der Waals surface area (Å²) in [5.41, 5.74) is 0. The lowest BCUT2D eigenvalue weighted by atomic mass is 10.4. The van der Waals surface area contributed by atoms with Crippen molar-refractivity contribution < 1.29 is 28.7 Å². The van der Waals surface area contributed by atoms with Gasteiger partial charge in [-0.05, 0) is 18.6 Å². The molecule has 0 aliphatic heterocycles. The van der Waals surface area contributed by atoms with E-state index < -0.39 is 20.6 Å². The molecular weight excluding hydrogens is 238 g/mol. The summed E-state index contributed by atoms with van der Waals surface area (Å²) < 4.78 is 21.3. The van der Waals surface area contributed by atoms with Gasteiger partial charge in [0.25, 0.3) is 0 Å². The number of thiol groups is 1. The van der Waals surface area contributed by atoms with Crippen LogP contribution in [0, 0.1) is 0 Å². The van der Waals surface area contributed by atoms with Crippen molar-refractivity contribution in [1.29, 1.82) is 0 Å². The molecule has 13 heavy (non-hydrogen) atoms. The topological polar surface area (TPSA) is 115 Å². The minimum Gasteiger partial charge on any atom is -0.324 e. The van der Waals surface area contributed by atoms with Gasteiger partial charge in [0.2, 0.25) is 0 Å². The van der Waals surface area contributed by atoms with Gasteiger partial charge in [-0.15, -0.1) is 0 Å². The number of hydrogen-bond donors (Lipinski definition) is 5. The molecule has 0 aromatic carbocycles. The standard InChI is InChI=1S/C4H12O6P2S/c5-11(6,7)4(2-1-3-13)12(8,9)10/h4,13H,1-3H2,(H2,5,6,7)(H2,8,9,10). The second-order valence-corrected chi connectivity index (χ2v) is 6.98. The molecule has 0 saturated heterocycles. The molecule has 0 aromatic rings. The molecule has 0 spiro atoms. The maximum absolute atomic E-state index is 10.7.